The second kappa shape index (κ2) is 8.02. The van der Waals surface area contributed by atoms with Crippen LogP contribution in [0.1, 0.15) is 21.5 Å². The van der Waals surface area contributed by atoms with Crippen molar-refractivity contribution in [1.29, 1.82) is 0 Å². The molecule has 0 unspecified atom stereocenters. The van der Waals surface area contributed by atoms with E-state index < -0.39 is 22.6 Å². The summed E-state index contributed by atoms with van der Waals surface area (Å²) in [5, 5.41) is 0. The fourth-order valence-electron chi connectivity index (χ4n) is 3.02. The van der Waals surface area contributed by atoms with E-state index in [1.165, 1.54) is 4.31 Å². The van der Waals surface area contributed by atoms with E-state index in [-0.39, 0.29) is 12.4 Å². The summed E-state index contributed by atoms with van der Waals surface area (Å²) in [7, 11) is -3.34. The predicted molar refractivity (Wildman–Crippen MR) is 104 cm³/mol. The highest BCUT2D eigenvalue weighted by molar-refractivity contribution is 7.92. The molecule has 0 bridgehead atoms. The topological polar surface area (TPSA) is 90.0 Å². The van der Waals surface area contributed by atoms with Crippen LogP contribution in [-0.2, 0) is 26.0 Å². The van der Waals surface area contributed by atoms with Crippen molar-refractivity contribution in [2.75, 3.05) is 30.3 Å². The van der Waals surface area contributed by atoms with Gasteiger partial charge in [-0.3, -0.25) is 9.10 Å². The lowest BCUT2D eigenvalue weighted by Crippen LogP contribution is -2.27. The second-order valence-corrected chi connectivity index (χ2v) is 8.47. The first-order chi connectivity index (χ1) is 13.3. The molecule has 1 aliphatic heterocycles. The number of Topliss-reactive ketones (excluding diaryl/α,β-unsaturated/α-hetero) is 1. The largest absolute Gasteiger partial charge is 0.482 e. The van der Waals surface area contributed by atoms with Crippen molar-refractivity contribution >= 4 is 27.5 Å². The summed E-state index contributed by atoms with van der Waals surface area (Å²) >= 11 is 0. The zero-order valence-electron chi connectivity index (χ0n) is 15.7. The molecule has 0 N–H and O–H groups in total. The normalized spacial score (nSPS) is 13.1. The number of ketones is 1. The van der Waals surface area contributed by atoms with Crippen LogP contribution in [0, 0.1) is 6.92 Å². The molecule has 0 atom stereocenters. The van der Waals surface area contributed by atoms with Gasteiger partial charge in [-0.25, -0.2) is 13.2 Å². The van der Waals surface area contributed by atoms with Gasteiger partial charge in [0.1, 0.15) is 5.75 Å². The van der Waals surface area contributed by atoms with Crippen LogP contribution in [0.25, 0.3) is 0 Å². The third kappa shape index (κ3) is 4.51. The summed E-state index contributed by atoms with van der Waals surface area (Å²) < 4.78 is 35.2. The van der Waals surface area contributed by atoms with Crippen molar-refractivity contribution in [1.82, 2.24) is 0 Å². The van der Waals surface area contributed by atoms with Gasteiger partial charge in [-0.1, -0.05) is 18.2 Å². The van der Waals surface area contributed by atoms with Gasteiger partial charge in [-0.2, -0.15) is 0 Å². The Labute approximate surface area is 163 Å². The van der Waals surface area contributed by atoms with Crippen molar-refractivity contribution in [2.45, 2.75) is 13.3 Å². The van der Waals surface area contributed by atoms with E-state index in [4.69, 9.17) is 9.47 Å². The first-order valence-corrected chi connectivity index (χ1v) is 10.6. The van der Waals surface area contributed by atoms with E-state index in [2.05, 4.69) is 0 Å². The Morgan fingerprint density at radius 1 is 1.11 bits per heavy atom. The van der Waals surface area contributed by atoms with Gasteiger partial charge in [-0.15, -0.1) is 0 Å². The molecule has 28 heavy (non-hydrogen) atoms. The molecule has 1 aliphatic rings. The van der Waals surface area contributed by atoms with Crippen LogP contribution in [0.15, 0.2) is 42.5 Å². The molecule has 3 rings (SSSR count). The number of fused-ring (bicyclic) bond motifs is 1. The van der Waals surface area contributed by atoms with Gasteiger partial charge in [0, 0.05) is 12.1 Å². The molecule has 0 saturated carbocycles. The van der Waals surface area contributed by atoms with Gasteiger partial charge >= 0.3 is 5.97 Å². The number of aryl methyl sites for hydroxylation is 1. The van der Waals surface area contributed by atoms with E-state index in [1.54, 1.807) is 30.3 Å². The van der Waals surface area contributed by atoms with E-state index in [9.17, 15) is 18.0 Å². The van der Waals surface area contributed by atoms with Gasteiger partial charge in [0.2, 0.25) is 10.0 Å². The number of nitrogens with zero attached hydrogens (tertiary/aromatic N) is 1. The molecule has 0 amide bonds. The molecule has 148 valence electrons. The highest BCUT2D eigenvalue weighted by Crippen LogP contribution is 2.30. The molecule has 0 aromatic heterocycles. The number of ether oxygens (including phenoxy) is 2. The zero-order valence-corrected chi connectivity index (χ0v) is 16.5. The number of para-hydroxylation sites is 1. The van der Waals surface area contributed by atoms with Crippen LogP contribution in [0.5, 0.6) is 5.75 Å². The molecule has 2 aromatic rings. The second-order valence-electron chi connectivity index (χ2n) is 6.57. The fraction of sp³-hybridized carbons (Fsp3) is 0.300. The third-order valence-corrected chi connectivity index (χ3v) is 5.64. The molecule has 8 heteroatoms. The monoisotopic (exact) mass is 403 g/mol. The summed E-state index contributed by atoms with van der Waals surface area (Å²) in [5.74, 6) is -0.411. The minimum atomic E-state index is -3.34. The lowest BCUT2D eigenvalue weighted by Gasteiger charge is -2.16. The van der Waals surface area contributed by atoms with Crippen LogP contribution in [0.3, 0.4) is 0 Å². The first-order valence-electron chi connectivity index (χ1n) is 8.73. The number of rotatable bonds is 7. The number of esters is 1. The number of carbonyl (C=O) groups is 2. The molecule has 0 radical (unpaired) electrons. The van der Waals surface area contributed by atoms with Crippen LogP contribution in [-0.4, -0.2) is 46.2 Å². The van der Waals surface area contributed by atoms with Crippen molar-refractivity contribution < 1.29 is 27.5 Å². The third-order valence-electron chi connectivity index (χ3n) is 4.46. The Bertz CT molecular complexity index is 1020. The summed E-state index contributed by atoms with van der Waals surface area (Å²) in [5.41, 5.74) is 2.64. The van der Waals surface area contributed by atoms with Crippen molar-refractivity contribution in [3.63, 3.8) is 0 Å². The van der Waals surface area contributed by atoms with Crippen LogP contribution >= 0.6 is 0 Å². The number of carbonyl (C=O) groups excluding carboxylic acids is 2. The molecule has 0 saturated heterocycles. The first kappa shape index (κ1) is 19.9. The van der Waals surface area contributed by atoms with E-state index >= 15 is 0 Å². The average Bonchev–Trinajstić information content (AvgIpc) is 3.09. The molecule has 0 fully saturated rings. The summed E-state index contributed by atoms with van der Waals surface area (Å²) in [6.07, 6.45) is 1.69. The smallest absolute Gasteiger partial charge is 0.344 e. The van der Waals surface area contributed by atoms with Crippen LogP contribution in [0.2, 0.25) is 0 Å². The maximum absolute atomic E-state index is 12.3. The molecule has 2 aromatic carbocycles. The van der Waals surface area contributed by atoms with Crippen molar-refractivity contribution in [3.8, 4) is 5.75 Å². The number of hydrogen-bond acceptors (Lipinski definition) is 6. The van der Waals surface area contributed by atoms with Crippen molar-refractivity contribution in [3.05, 3.63) is 59.2 Å². The van der Waals surface area contributed by atoms with Gasteiger partial charge < -0.3 is 9.47 Å². The Morgan fingerprint density at radius 3 is 2.57 bits per heavy atom. The summed E-state index contributed by atoms with van der Waals surface area (Å²) in [4.78, 5) is 24.1. The zero-order chi connectivity index (χ0) is 20.3. The standard InChI is InChI=1S/C20H21NO6S/c1-14-5-3-4-6-19(14)26-13-20(23)27-12-18(22)16-7-8-17-15(11-16)9-10-21(17)28(2,24)25/h3-8,11H,9-10,12-13H2,1-2H3. The van der Waals surface area contributed by atoms with Crippen LogP contribution < -0.4 is 9.04 Å². The Hall–Kier alpha value is -2.87. The minimum absolute atomic E-state index is 0.286. The summed E-state index contributed by atoms with van der Waals surface area (Å²) in [6.45, 7) is 1.54. The molecule has 7 nitrogen and oxygen atoms in total. The predicted octanol–water partition coefficient (Wildman–Crippen LogP) is 2.12. The van der Waals surface area contributed by atoms with E-state index in [0.717, 1.165) is 17.4 Å². The highest BCUT2D eigenvalue weighted by Gasteiger charge is 2.26. The summed E-state index contributed by atoms with van der Waals surface area (Å²) in [6, 6.07) is 12.1. The number of anilines is 1. The molecular formula is C20H21NO6S. The molecule has 0 aliphatic carbocycles. The van der Waals surface area contributed by atoms with Gasteiger partial charge in [-0.05, 0) is 48.7 Å². The Balaban J connectivity index is 1.55. The molecule has 1 heterocycles. The lowest BCUT2D eigenvalue weighted by atomic mass is 10.1. The SMILES string of the molecule is Cc1ccccc1OCC(=O)OCC(=O)c1ccc2c(c1)CCN2S(C)(=O)=O. The Morgan fingerprint density at radius 2 is 1.86 bits per heavy atom. The minimum Gasteiger partial charge on any atom is -0.482 e. The Kier molecular flexibility index (Phi) is 5.69. The average molecular weight is 403 g/mol. The maximum atomic E-state index is 12.3. The number of sulfonamides is 1. The maximum Gasteiger partial charge on any atom is 0.344 e. The van der Waals surface area contributed by atoms with Crippen molar-refractivity contribution in [2.24, 2.45) is 0 Å². The van der Waals surface area contributed by atoms with Crippen LogP contribution in [0.4, 0.5) is 5.69 Å². The quantitative estimate of drug-likeness (QED) is 0.520. The highest BCUT2D eigenvalue weighted by atomic mass is 32.2. The van der Waals surface area contributed by atoms with Gasteiger partial charge in [0.05, 0.1) is 11.9 Å². The van der Waals surface area contributed by atoms with E-state index in [0.29, 0.717) is 30.0 Å². The van der Waals surface area contributed by atoms with Gasteiger partial charge in [0.15, 0.2) is 19.0 Å². The lowest BCUT2D eigenvalue weighted by molar-refractivity contribution is -0.144. The van der Waals surface area contributed by atoms with E-state index in [1.807, 2.05) is 19.1 Å². The molecular weight excluding hydrogens is 382 g/mol. The molecule has 0 spiro atoms. The number of hydrogen-bond donors (Lipinski definition) is 0. The fourth-order valence-corrected chi connectivity index (χ4v) is 3.97. The number of benzene rings is 2. The van der Waals surface area contributed by atoms with Gasteiger partial charge in [0.25, 0.3) is 0 Å².